The van der Waals surface area contributed by atoms with Crippen LogP contribution in [-0.4, -0.2) is 23.0 Å². The maximum atomic E-state index is 11.7. The molecule has 0 spiro atoms. The van der Waals surface area contributed by atoms with Crippen LogP contribution in [0.4, 0.5) is 5.69 Å². The molecule has 1 aromatic rings. The van der Waals surface area contributed by atoms with E-state index in [4.69, 9.17) is 22.4 Å². The van der Waals surface area contributed by atoms with Gasteiger partial charge in [0.2, 0.25) is 5.91 Å². The summed E-state index contributed by atoms with van der Waals surface area (Å²) >= 11 is 5.88. The lowest BCUT2D eigenvalue weighted by molar-refractivity contribution is -0.118. The van der Waals surface area contributed by atoms with Gasteiger partial charge >= 0.3 is 5.97 Å². The van der Waals surface area contributed by atoms with E-state index in [1.807, 2.05) is 13.8 Å². The lowest BCUT2D eigenvalue weighted by Gasteiger charge is -2.16. The number of carboxylic acids is 1. The Bertz CT molecular complexity index is 474. The standard InChI is InChI=1S/C12H15ClN2O3/c1-6(2)10(14)11(16)15-9-4-3-7(12(17)18)5-8(9)13/h3-6,10H,14H2,1-2H3,(H,15,16)(H,17,18). The minimum absolute atomic E-state index is 0.00192. The largest absolute Gasteiger partial charge is 0.478 e. The first-order valence-corrected chi connectivity index (χ1v) is 5.80. The highest BCUT2D eigenvalue weighted by molar-refractivity contribution is 6.34. The van der Waals surface area contributed by atoms with E-state index >= 15 is 0 Å². The van der Waals surface area contributed by atoms with Crippen molar-refractivity contribution in [3.63, 3.8) is 0 Å². The number of carboxylic acid groups (broad SMARTS) is 1. The fourth-order valence-corrected chi connectivity index (χ4v) is 1.50. The van der Waals surface area contributed by atoms with Gasteiger partial charge in [0.05, 0.1) is 22.3 Å². The number of rotatable bonds is 4. The Labute approximate surface area is 110 Å². The van der Waals surface area contributed by atoms with Gasteiger partial charge in [-0.3, -0.25) is 4.79 Å². The molecular weight excluding hydrogens is 256 g/mol. The minimum Gasteiger partial charge on any atom is -0.478 e. The van der Waals surface area contributed by atoms with Crippen LogP contribution in [0.2, 0.25) is 5.02 Å². The Hall–Kier alpha value is -1.59. The molecule has 0 aliphatic rings. The van der Waals surface area contributed by atoms with E-state index in [-0.39, 0.29) is 22.4 Å². The third kappa shape index (κ3) is 3.45. The first-order chi connectivity index (χ1) is 8.32. The molecule has 1 aromatic carbocycles. The molecule has 0 bridgehead atoms. The van der Waals surface area contributed by atoms with Crippen molar-refractivity contribution in [2.24, 2.45) is 11.7 Å². The number of nitrogens with one attached hydrogen (secondary N) is 1. The fourth-order valence-electron chi connectivity index (χ4n) is 1.27. The number of benzene rings is 1. The second-order valence-corrected chi connectivity index (χ2v) is 4.67. The number of aromatic carboxylic acids is 1. The van der Waals surface area contributed by atoms with E-state index in [0.717, 1.165) is 0 Å². The van der Waals surface area contributed by atoms with Gasteiger partial charge in [-0.2, -0.15) is 0 Å². The molecule has 4 N–H and O–H groups in total. The molecule has 0 aliphatic carbocycles. The Morgan fingerprint density at radius 2 is 2.00 bits per heavy atom. The van der Waals surface area contributed by atoms with Crippen LogP contribution in [0.1, 0.15) is 24.2 Å². The molecule has 1 rings (SSSR count). The summed E-state index contributed by atoms with van der Waals surface area (Å²) in [5, 5.41) is 11.5. The fraction of sp³-hybridized carbons (Fsp3) is 0.333. The quantitative estimate of drug-likeness (QED) is 0.780. The van der Waals surface area contributed by atoms with Crippen LogP contribution in [0, 0.1) is 5.92 Å². The van der Waals surface area contributed by atoms with E-state index < -0.39 is 12.0 Å². The van der Waals surface area contributed by atoms with Crippen LogP contribution in [0.5, 0.6) is 0 Å². The molecule has 6 heteroatoms. The van der Waals surface area contributed by atoms with Gasteiger partial charge in [-0.25, -0.2) is 4.79 Å². The Balaban J connectivity index is 2.86. The van der Waals surface area contributed by atoms with Crippen molar-refractivity contribution in [1.29, 1.82) is 0 Å². The van der Waals surface area contributed by atoms with Crippen molar-refractivity contribution in [1.82, 2.24) is 0 Å². The number of nitrogens with two attached hydrogens (primary N) is 1. The summed E-state index contributed by atoms with van der Waals surface area (Å²) in [6.07, 6.45) is 0. The zero-order valence-electron chi connectivity index (χ0n) is 10.1. The van der Waals surface area contributed by atoms with Gasteiger partial charge in [0, 0.05) is 0 Å². The topological polar surface area (TPSA) is 92.4 Å². The van der Waals surface area contributed by atoms with Crippen LogP contribution in [0.15, 0.2) is 18.2 Å². The van der Waals surface area contributed by atoms with E-state index in [9.17, 15) is 9.59 Å². The first-order valence-electron chi connectivity index (χ1n) is 5.42. The molecule has 0 aliphatic heterocycles. The highest BCUT2D eigenvalue weighted by Gasteiger charge is 2.18. The predicted molar refractivity (Wildman–Crippen MR) is 69.9 cm³/mol. The first kappa shape index (κ1) is 14.5. The molecular formula is C12H15ClN2O3. The molecule has 1 unspecified atom stereocenters. The van der Waals surface area contributed by atoms with Gasteiger partial charge in [-0.15, -0.1) is 0 Å². The highest BCUT2D eigenvalue weighted by atomic mass is 35.5. The summed E-state index contributed by atoms with van der Waals surface area (Å²) < 4.78 is 0. The third-order valence-corrected chi connectivity index (χ3v) is 2.81. The van der Waals surface area contributed by atoms with Crippen molar-refractivity contribution in [2.75, 3.05) is 5.32 Å². The second-order valence-electron chi connectivity index (χ2n) is 4.26. The molecule has 0 fully saturated rings. The minimum atomic E-state index is -1.08. The van der Waals surface area contributed by atoms with Crippen molar-refractivity contribution < 1.29 is 14.7 Å². The second kappa shape index (κ2) is 5.84. The van der Waals surface area contributed by atoms with Gasteiger partial charge in [-0.1, -0.05) is 25.4 Å². The summed E-state index contributed by atoms with van der Waals surface area (Å²) in [6.45, 7) is 3.67. The number of hydrogen-bond acceptors (Lipinski definition) is 3. The van der Waals surface area contributed by atoms with E-state index in [0.29, 0.717) is 5.69 Å². The molecule has 5 nitrogen and oxygen atoms in total. The average molecular weight is 271 g/mol. The van der Waals surface area contributed by atoms with E-state index in [1.165, 1.54) is 18.2 Å². The molecule has 0 saturated carbocycles. The van der Waals surface area contributed by atoms with Crippen molar-refractivity contribution in [3.05, 3.63) is 28.8 Å². The molecule has 0 saturated heterocycles. The smallest absolute Gasteiger partial charge is 0.335 e. The average Bonchev–Trinajstić information content (AvgIpc) is 2.30. The SMILES string of the molecule is CC(C)C(N)C(=O)Nc1ccc(C(=O)O)cc1Cl. The van der Waals surface area contributed by atoms with Gasteiger partial charge < -0.3 is 16.2 Å². The number of hydrogen-bond donors (Lipinski definition) is 3. The lowest BCUT2D eigenvalue weighted by Crippen LogP contribution is -2.39. The number of amides is 1. The Morgan fingerprint density at radius 1 is 1.39 bits per heavy atom. The molecule has 98 valence electrons. The number of anilines is 1. The molecule has 18 heavy (non-hydrogen) atoms. The lowest BCUT2D eigenvalue weighted by atomic mass is 10.0. The number of halogens is 1. The van der Waals surface area contributed by atoms with Crippen molar-refractivity contribution in [2.45, 2.75) is 19.9 Å². The zero-order chi connectivity index (χ0) is 13.9. The summed E-state index contributed by atoms with van der Waals surface area (Å²) in [7, 11) is 0. The monoisotopic (exact) mass is 270 g/mol. The predicted octanol–water partition coefficient (Wildman–Crippen LogP) is 1.96. The normalized spacial score (nSPS) is 12.3. The van der Waals surface area contributed by atoms with Gasteiger partial charge in [-0.05, 0) is 24.1 Å². The van der Waals surface area contributed by atoms with Crippen molar-refractivity contribution >= 4 is 29.2 Å². The summed E-state index contributed by atoms with van der Waals surface area (Å²) in [5.41, 5.74) is 6.10. The summed E-state index contributed by atoms with van der Waals surface area (Å²) in [6, 6.07) is 3.45. The van der Waals surface area contributed by atoms with Crippen molar-refractivity contribution in [3.8, 4) is 0 Å². The molecule has 0 radical (unpaired) electrons. The Kier molecular flexibility index (Phi) is 4.69. The maximum absolute atomic E-state index is 11.7. The van der Waals surface area contributed by atoms with Crippen LogP contribution < -0.4 is 11.1 Å². The highest BCUT2D eigenvalue weighted by Crippen LogP contribution is 2.23. The number of carbonyl (C=O) groups is 2. The molecule has 0 aromatic heterocycles. The summed E-state index contributed by atoms with van der Waals surface area (Å²) in [4.78, 5) is 22.4. The van der Waals surface area contributed by atoms with Crippen LogP contribution in [-0.2, 0) is 4.79 Å². The Morgan fingerprint density at radius 3 is 2.44 bits per heavy atom. The molecule has 0 heterocycles. The van der Waals surface area contributed by atoms with Gasteiger partial charge in [0.15, 0.2) is 0 Å². The summed E-state index contributed by atoms with van der Waals surface area (Å²) in [5.74, 6) is -1.43. The third-order valence-electron chi connectivity index (χ3n) is 2.49. The zero-order valence-corrected chi connectivity index (χ0v) is 10.9. The van der Waals surface area contributed by atoms with Crippen LogP contribution in [0.3, 0.4) is 0 Å². The van der Waals surface area contributed by atoms with Crippen LogP contribution in [0.25, 0.3) is 0 Å². The number of carbonyl (C=O) groups excluding carboxylic acids is 1. The molecule has 1 atom stereocenters. The van der Waals surface area contributed by atoms with Crippen LogP contribution >= 0.6 is 11.6 Å². The van der Waals surface area contributed by atoms with E-state index in [2.05, 4.69) is 5.32 Å². The van der Waals surface area contributed by atoms with Gasteiger partial charge in [0.1, 0.15) is 0 Å². The maximum Gasteiger partial charge on any atom is 0.335 e. The van der Waals surface area contributed by atoms with Gasteiger partial charge in [0.25, 0.3) is 0 Å². The molecule has 1 amide bonds. The van der Waals surface area contributed by atoms with E-state index in [1.54, 1.807) is 0 Å².